The lowest BCUT2D eigenvalue weighted by Gasteiger charge is -2.34. The first-order valence-corrected chi connectivity index (χ1v) is 8.92. The minimum atomic E-state index is -0.300. The highest BCUT2D eigenvalue weighted by atomic mass is 19.1. The van der Waals surface area contributed by atoms with E-state index in [-0.39, 0.29) is 17.8 Å². The summed E-state index contributed by atoms with van der Waals surface area (Å²) < 4.78 is 13.4. The number of benzene rings is 1. The molecule has 1 saturated heterocycles. The molecule has 4 rings (SSSR count). The van der Waals surface area contributed by atoms with Gasteiger partial charge in [-0.3, -0.25) is 9.89 Å². The number of nitrogens with zero attached hydrogens (tertiary/aromatic N) is 4. The summed E-state index contributed by atoms with van der Waals surface area (Å²) in [6.07, 6.45) is 3.75. The number of halogens is 1. The van der Waals surface area contributed by atoms with Crippen LogP contribution in [0.3, 0.4) is 0 Å². The quantitative estimate of drug-likeness (QED) is 0.752. The molecular formula is C18H21FN6O. The smallest absolute Gasteiger partial charge is 0.223 e. The van der Waals surface area contributed by atoms with Crippen LogP contribution in [0.5, 0.6) is 0 Å². The highest BCUT2D eigenvalue weighted by molar-refractivity contribution is 5.78. The van der Waals surface area contributed by atoms with E-state index in [2.05, 4.69) is 25.1 Å². The van der Waals surface area contributed by atoms with Crippen LogP contribution < -0.4 is 0 Å². The molecule has 1 atom stereocenters. The van der Waals surface area contributed by atoms with Crippen molar-refractivity contribution in [3.8, 4) is 0 Å². The van der Waals surface area contributed by atoms with Crippen LogP contribution in [0.15, 0.2) is 18.2 Å². The fourth-order valence-electron chi connectivity index (χ4n) is 3.54. The molecule has 3 heterocycles. The van der Waals surface area contributed by atoms with Crippen molar-refractivity contribution in [1.82, 2.24) is 30.0 Å². The highest BCUT2D eigenvalue weighted by Gasteiger charge is 2.30. The van der Waals surface area contributed by atoms with Gasteiger partial charge in [0.1, 0.15) is 17.5 Å². The molecule has 0 radical (unpaired) electrons. The fraction of sp³-hybridized carbons (Fsp3) is 0.444. The number of likely N-dealkylation sites (tertiary alicyclic amines) is 1. The number of fused-ring (bicyclic) bond motifs is 1. The van der Waals surface area contributed by atoms with Crippen LogP contribution in [-0.4, -0.2) is 42.5 Å². The Balaban J connectivity index is 1.52. The van der Waals surface area contributed by atoms with E-state index in [1.165, 1.54) is 12.1 Å². The molecule has 1 fully saturated rings. The molecule has 26 heavy (non-hydrogen) atoms. The fourth-order valence-corrected chi connectivity index (χ4v) is 3.54. The van der Waals surface area contributed by atoms with Gasteiger partial charge >= 0.3 is 0 Å². The summed E-state index contributed by atoms with van der Waals surface area (Å²) in [5, 5.41) is 6.88. The summed E-state index contributed by atoms with van der Waals surface area (Å²) in [5.74, 6) is 1.91. The van der Waals surface area contributed by atoms with Crippen LogP contribution in [0.4, 0.5) is 4.39 Å². The Morgan fingerprint density at radius 2 is 2.23 bits per heavy atom. The summed E-state index contributed by atoms with van der Waals surface area (Å²) in [6, 6.07) is 4.40. The second-order valence-electron chi connectivity index (χ2n) is 6.72. The average molecular weight is 356 g/mol. The van der Waals surface area contributed by atoms with Gasteiger partial charge in [-0.05, 0) is 44.4 Å². The van der Waals surface area contributed by atoms with Crippen LogP contribution in [0.1, 0.15) is 49.2 Å². The molecule has 0 bridgehead atoms. The second-order valence-corrected chi connectivity index (χ2v) is 6.72. The number of hydrogen-bond donors (Lipinski definition) is 2. The van der Waals surface area contributed by atoms with Crippen LogP contribution in [0.25, 0.3) is 11.0 Å². The zero-order valence-electron chi connectivity index (χ0n) is 14.6. The van der Waals surface area contributed by atoms with Crippen molar-refractivity contribution in [3.05, 3.63) is 41.5 Å². The number of carbonyl (C=O) groups is 1. The number of rotatable bonds is 4. The summed E-state index contributed by atoms with van der Waals surface area (Å²) in [4.78, 5) is 26.7. The Hall–Kier alpha value is -2.77. The zero-order valence-corrected chi connectivity index (χ0v) is 14.6. The summed E-state index contributed by atoms with van der Waals surface area (Å²) in [5.41, 5.74) is 1.38. The number of carbonyl (C=O) groups excluding carboxylic acids is 1. The molecule has 136 valence electrons. The van der Waals surface area contributed by atoms with Gasteiger partial charge in [-0.1, -0.05) is 0 Å². The first-order chi connectivity index (χ1) is 12.6. The molecule has 1 aliphatic heterocycles. The predicted molar refractivity (Wildman–Crippen MR) is 93.8 cm³/mol. The molecule has 8 heteroatoms. The van der Waals surface area contributed by atoms with Gasteiger partial charge in [0.15, 0.2) is 5.82 Å². The van der Waals surface area contributed by atoms with E-state index in [1.54, 1.807) is 6.07 Å². The Morgan fingerprint density at radius 1 is 1.35 bits per heavy atom. The monoisotopic (exact) mass is 356 g/mol. The van der Waals surface area contributed by atoms with E-state index in [0.717, 1.165) is 36.4 Å². The van der Waals surface area contributed by atoms with E-state index in [4.69, 9.17) is 0 Å². The molecule has 1 aliphatic rings. The standard InChI is InChI=1S/C18H21FN6O/c1-11-20-16(24-23-11)7-8-17(26)25-9-3-2-4-15(25)18-21-13-6-5-12(19)10-14(13)22-18/h5-6,10,15H,2-4,7-9H2,1H3,(H,21,22)(H,20,23,24). The number of piperidine rings is 1. The number of aryl methyl sites for hydroxylation is 2. The summed E-state index contributed by atoms with van der Waals surface area (Å²) >= 11 is 0. The van der Waals surface area contributed by atoms with Gasteiger partial charge in [-0.25, -0.2) is 14.4 Å². The first kappa shape index (κ1) is 16.7. The second kappa shape index (κ2) is 6.86. The van der Waals surface area contributed by atoms with Crippen molar-refractivity contribution in [2.24, 2.45) is 0 Å². The Bertz CT molecular complexity index is 933. The molecule has 3 aromatic rings. The molecule has 0 aliphatic carbocycles. The van der Waals surface area contributed by atoms with E-state index in [0.29, 0.717) is 30.7 Å². The molecule has 1 aromatic carbocycles. The topological polar surface area (TPSA) is 90.6 Å². The zero-order chi connectivity index (χ0) is 18.1. The molecular weight excluding hydrogens is 335 g/mol. The van der Waals surface area contributed by atoms with Gasteiger partial charge in [-0.15, -0.1) is 0 Å². The van der Waals surface area contributed by atoms with Gasteiger partial charge < -0.3 is 9.88 Å². The third-order valence-corrected chi connectivity index (χ3v) is 4.81. The number of H-pyrrole nitrogens is 2. The molecule has 2 N–H and O–H groups in total. The normalized spacial score (nSPS) is 17.8. The maximum Gasteiger partial charge on any atom is 0.223 e. The number of amides is 1. The number of aromatic amines is 2. The van der Waals surface area contributed by atoms with Gasteiger partial charge in [0.25, 0.3) is 0 Å². The lowest BCUT2D eigenvalue weighted by molar-refractivity contribution is -0.135. The minimum absolute atomic E-state index is 0.0730. The molecule has 1 unspecified atom stereocenters. The van der Waals surface area contributed by atoms with Crippen molar-refractivity contribution in [1.29, 1.82) is 0 Å². The Morgan fingerprint density at radius 3 is 3.04 bits per heavy atom. The number of imidazole rings is 1. The van der Waals surface area contributed by atoms with Crippen molar-refractivity contribution in [2.75, 3.05) is 6.54 Å². The van der Waals surface area contributed by atoms with E-state index in [9.17, 15) is 9.18 Å². The van der Waals surface area contributed by atoms with E-state index < -0.39 is 0 Å². The third-order valence-electron chi connectivity index (χ3n) is 4.81. The lowest BCUT2D eigenvalue weighted by atomic mass is 10.0. The van der Waals surface area contributed by atoms with Crippen molar-refractivity contribution in [2.45, 2.75) is 45.1 Å². The van der Waals surface area contributed by atoms with E-state index in [1.807, 2.05) is 11.8 Å². The minimum Gasteiger partial charge on any atom is -0.340 e. The molecule has 1 amide bonds. The van der Waals surface area contributed by atoms with Gasteiger partial charge in [0.2, 0.25) is 5.91 Å². The largest absolute Gasteiger partial charge is 0.340 e. The summed E-state index contributed by atoms with van der Waals surface area (Å²) in [7, 11) is 0. The van der Waals surface area contributed by atoms with Crippen LogP contribution >= 0.6 is 0 Å². The molecule has 7 nitrogen and oxygen atoms in total. The van der Waals surface area contributed by atoms with Gasteiger partial charge in [-0.2, -0.15) is 5.10 Å². The Labute approximate surface area is 150 Å². The van der Waals surface area contributed by atoms with Gasteiger partial charge in [0.05, 0.1) is 17.1 Å². The molecule has 2 aromatic heterocycles. The lowest BCUT2D eigenvalue weighted by Crippen LogP contribution is -2.39. The third kappa shape index (κ3) is 3.31. The number of nitrogens with one attached hydrogen (secondary N) is 2. The van der Waals surface area contributed by atoms with Gasteiger partial charge in [0, 0.05) is 19.4 Å². The molecule has 0 saturated carbocycles. The van der Waals surface area contributed by atoms with Crippen LogP contribution in [0, 0.1) is 12.7 Å². The first-order valence-electron chi connectivity index (χ1n) is 8.92. The maximum absolute atomic E-state index is 13.4. The predicted octanol–water partition coefficient (Wildman–Crippen LogP) is 2.81. The number of aromatic nitrogens is 5. The maximum atomic E-state index is 13.4. The van der Waals surface area contributed by atoms with Crippen LogP contribution in [-0.2, 0) is 11.2 Å². The number of hydrogen-bond acceptors (Lipinski definition) is 4. The molecule has 0 spiro atoms. The summed E-state index contributed by atoms with van der Waals surface area (Å²) in [6.45, 7) is 2.55. The highest BCUT2D eigenvalue weighted by Crippen LogP contribution is 2.31. The van der Waals surface area contributed by atoms with E-state index >= 15 is 0 Å². The Kier molecular flexibility index (Phi) is 4.40. The van der Waals surface area contributed by atoms with Crippen LogP contribution in [0.2, 0.25) is 0 Å². The van der Waals surface area contributed by atoms with Crippen molar-refractivity contribution < 1.29 is 9.18 Å². The van der Waals surface area contributed by atoms with Crippen molar-refractivity contribution >= 4 is 16.9 Å². The SMILES string of the molecule is Cc1nc(CCC(=O)N2CCCCC2c2nc3ccc(F)cc3[nH]2)n[nH]1. The average Bonchev–Trinajstić information content (AvgIpc) is 3.25. The van der Waals surface area contributed by atoms with Crippen molar-refractivity contribution in [3.63, 3.8) is 0 Å².